The molecule has 4 N–H and O–H groups in total. The maximum atomic E-state index is 11.5. The van der Waals surface area contributed by atoms with E-state index in [1.54, 1.807) is 20.4 Å². The molecule has 0 bridgehead atoms. The molecule has 3 aromatic heterocycles. The van der Waals surface area contributed by atoms with Crippen LogP contribution in [0.4, 0.5) is 5.82 Å². The fraction of sp³-hybridized carbons (Fsp3) is 0.304. The molecule has 0 aliphatic carbocycles. The summed E-state index contributed by atoms with van der Waals surface area (Å²) in [7, 11) is 3.32. The lowest BCUT2D eigenvalue weighted by atomic mass is 10.2. The third-order valence-corrected chi connectivity index (χ3v) is 5.16. The molecule has 1 unspecified atom stereocenters. The predicted octanol–water partition coefficient (Wildman–Crippen LogP) is 1.41. The second-order valence-electron chi connectivity index (χ2n) is 7.28. The molecule has 1 atom stereocenters. The van der Waals surface area contributed by atoms with Gasteiger partial charge in [0, 0.05) is 44.9 Å². The van der Waals surface area contributed by atoms with Crippen molar-refractivity contribution < 1.29 is 14.3 Å². The number of H-pyrrole nitrogens is 1. The molecule has 1 saturated heterocycles. The van der Waals surface area contributed by atoms with E-state index in [9.17, 15) is 9.59 Å². The van der Waals surface area contributed by atoms with Gasteiger partial charge in [0.25, 0.3) is 5.91 Å². The number of primary amides is 1. The second-order valence-corrected chi connectivity index (χ2v) is 7.28. The van der Waals surface area contributed by atoms with Gasteiger partial charge in [0.15, 0.2) is 5.82 Å². The number of aromatic nitrogens is 4. The van der Waals surface area contributed by atoms with Crippen molar-refractivity contribution in [2.45, 2.75) is 18.9 Å². The fourth-order valence-electron chi connectivity index (χ4n) is 3.59. The molecule has 0 saturated carbocycles. The number of ether oxygens (including phenoxy) is 1. The minimum atomic E-state index is -0.581. The summed E-state index contributed by atoms with van der Waals surface area (Å²) in [6, 6.07) is 3.99. The summed E-state index contributed by atoms with van der Waals surface area (Å²) in [5.41, 5.74) is 7.62. The van der Waals surface area contributed by atoms with Gasteiger partial charge in [0.05, 0.1) is 12.6 Å². The van der Waals surface area contributed by atoms with E-state index in [2.05, 4.69) is 38.9 Å². The van der Waals surface area contributed by atoms with Gasteiger partial charge in [0.1, 0.15) is 16.9 Å². The minimum absolute atomic E-state index is 0.0227. The molecule has 1 fully saturated rings. The number of aromatic amines is 1. The number of imidazole rings is 1. The largest absolute Gasteiger partial charge is 0.383 e. The Bertz CT molecular complexity index is 1200. The quantitative estimate of drug-likeness (QED) is 0.399. The van der Waals surface area contributed by atoms with Crippen molar-refractivity contribution in [2.24, 2.45) is 5.73 Å². The summed E-state index contributed by atoms with van der Waals surface area (Å²) in [6.45, 7) is 4.95. The Balaban J connectivity index is 0.000000218. The van der Waals surface area contributed by atoms with E-state index in [-0.39, 0.29) is 17.5 Å². The lowest BCUT2D eigenvalue weighted by molar-refractivity contribution is -0.127. The molecule has 0 aromatic carbocycles. The number of hydrogen-bond donors (Lipinski definition) is 3. The van der Waals surface area contributed by atoms with E-state index in [4.69, 9.17) is 10.5 Å². The van der Waals surface area contributed by atoms with Gasteiger partial charge in [-0.25, -0.2) is 4.98 Å². The maximum absolute atomic E-state index is 11.5. The Morgan fingerprint density at radius 3 is 2.94 bits per heavy atom. The molecule has 2 amide bonds. The van der Waals surface area contributed by atoms with Crippen molar-refractivity contribution >= 4 is 23.3 Å². The van der Waals surface area contributed by atoms with Crippen LogP contribution in [-0.2, 0) is 9.53 Å². The third kappa shape index (κ3) is 5.58. The van der Waals surface area contributed by atoms with E-state index in [0.717, 1.165) is 30.6 Å². The zero-order valence-corrected chi connectivity index (χ0v) is 18.7. The lowest BCUT2D eigenvalue weighted by Crippen LogP contribution is -2.36. The highest BCUT2D eigenvalue weighted by Gasteiger charge is 2.26. The number of nitrogens with one attached hydrogen (secondary N) is 2. The molecule has 0 radical (unpaired) electrons. The first kappa shape index (κ1) is 23.6. The number of methoxy groups -OCH3 is 1. The van der Waals surface area contributed by atoms with E-state index in [1.165, 1.54) is 6.08 Å². The van der Waals surface area contributed by atoms with E-state index in [1.807, 2.05) is 33.8 Å². The van der Waals surface area contributed by atoms with Crippen LogP contribution < -0.4 is 11.1 Å². The summed E-state index contributed by atoms with van der Waals surface area (Å²) in [5, 5.41) is 9.45. The van der Waals surface area contributed by atoms with Crippen molar-refractivity contribution in [1.29, 1.82) is 0 Å². The molecule has 3 aromatic rings. The van der Waals surface area contributed by atoms with Gasteiger partial charge in [-0.05, 0) is 37.0 Å². The zero-order valence-electron chi connectivity index (χ0n) is 18.7. The second kappa shape index (κ2) is 11.0. The summed E-state index contributed by atoms with van der Waals surface area (Å²) >= 11 is 0. The number of nitrogens with two attached hydrogens (primary N) is 1. The summed E-state index contributed by atoms with van der Waals surface area (Å²) < 4.78 is 6.89. The molecule has 33 heavy (non-hydrogen) atoms. The molecule has 4 heterocycles. The average molecular weight is 450 g/mol. The number of hydrogen-bond acceptors (Lipinski definition) is 6. The topological polar surface area (TPSA) is 131 Å². The first-order valence-electron chi connectivity index (χ1n) is 10.4. The Labute approximate surface area is 191 Å². The monoisotopic (exact) mass is 449 g/mol. The van der Waals surface area contributed by atoms with Crippen LogP contribution in [0.2, 0.25) is 0 Å². The molecule has 4 rings (SSSR count). The number of fused-ring (bicyclic) bond motifs is 1. The van der Waals surface area contributed by atoms with Crippen molar-refractivity contribution in [3.8, 4) is 11.8 Å². The molecule has 1 aliphatic heterocycles. The number of rotatable bonds is 5. The van der Waals surface area contributed by atoms with E-state index < -0.39 is 5.91 Å². The van der Waals surface area contributed by atoms with Crippen molar-refractivity contribution in [3.05, 3.63) is 60.2 Å². The minimum Gasteiger partial charge on any atom is -0.383 e. The van der Waals surface area contributed by atoms with Crippen LogP contribution >= 0.6 is 0 Å². The van der Waals surface area contributed by atoms with Gasteiger partial charge < -0.3 is 25.1 Å². The van der Waals surface area contributed by atoms with Gasteiger partial charge in [-0.2, -0.15) is 5.10 Å². The summed E-state index contributed by atoms with van der Waals surface area (Å²) in [5.74, 6) is 5.68. The fourth-order valence-corrected chi connectivity index (χ4v) is 3.59. The van der Waals surface area contributed by atoms with Gasteiger partial charge in [-0.1, -0.05) is 12.5 Å². The van der Waals surface area contributed by atoms with Crippen LogP contribution in [0.5, 0.6) is 0 Å². The SMILES string of the molecule is C=CC(=O)N1CCCC1COC.CNc1n[nH]c(C#Cc2ccc3nccn3c2)c1C(N)=O. The molecular weight excluding hydrogens is 422 g/mol. The number of carbonyl (C=O) groups excluding carboxylic acids is 2. The first-order chi connectivity index (χ1) is 16.0. The molecule has 172 valence electrons. The molecular formula is C23H27N7O3. The zero-order chi connectivity index (χ0) is 23.8. The van der Waals surface area contributed by atoms with Crippen LogP contribution in [0.1, 0.15) is 34.5 Å². The predicted molar refractivity (Wildman–Crippen MR) is 125 cm³/mol. The lowest BCUT2D eigenvalue weighted by Gasteiger charge is -2.22. The number of anilines is 1. The average Bonchev–Trinajstić information content (AvgIpc) is 3.56. The Hall–Kier alpha value is -4.10. The van der Waals surface area contributed by atoms with Crippen LogP contribution in [-0.4, -0.2) is 69.6 Å². The van der Waals surface area contributed by atoms with Crippen LogP contribution in [0, 0.1) is 11.8 Å². The van der Waals surface area contributed by atoms with Crippen molar-refractivity contribution in [2.75, 3.05) is 32.6 Å². The Morgan fingerprint density at radius 1 is 1.42 bits per heavy atom. The highest BCUT2D eigenvalue weighted by atomic mass is 16.5. The number of amides is 2. The van der Waals surface area contributed by atoms with Gasteiger partial charge >= 0.3 is 0 Å². The molecule has 10 heteroatoms. The number of carbonyl (C=O) groups is 2. The van der Waals surface area contributed by atoms with Crippen molar-refractivity contribution in [1.82, 2.24) is 24.5 Å². The van der Waals surface area contributed by atoms with Gasteiger partial charge in [-0.3, -0.25) is 14.7 Å². The van der Waals surface area contributed by atoms with E-state index >= 15 is 0 Å². The Kier molecular flexibility index (Phi) is 7.83. The highest BCUT2D eigenvalue weighted by molar-refractivity contribution is 5.99. The van der Waals surface area contributed by atoms with Crippen LogP contribution in [0.25, 0.3) is 5.65 Å². The van der Waals surface area contributed by atoms with E-state index in [0.29, 0.717) is 18.1 Å². The smallest absolute Gasteiger partial charge is 0.255 e. The summed E-state index contributed by atoms with van der Waals surface area (Å²) in [6.07, 6.45) is 8.90. The van der Waals surface area contributed by atoms with Crippen LogP contribution in [0.3, 0.4) is 0 Å². The normalized spacial score (nSPS) is 14.7. The number of pyridine rings is 1. The van der Waals surface area contributed by atoms with Gasteiger partial charge in [-0.15, -0.1) is 0 Å². The highest BCUT2D eigenvalue weighted by Crippen LogP contribution is 2.17. The standard InChI is InChI=1S/C14H12N6O.C9H15NO2/c1-16-14-12(13(15)21)10(18-19-14)4-2-9-3-5-11-17-6-7-20(11)8-9;1-3-9(11)10-6-4-5-8(10)7-12-2/h3,5-8H,1H3,(H2,15,21)(H2,16,18,19);3,8H,1,4-7H2,2H3. The Morgan fingerprint density at radius 2 is 2.24 bits per heavy atom. The maximum Gasteiger partial charge on any atom is 0.255 e. The third-order valence-electron chi connectivity index (χ3n) is 5.16. The molecule has 0 spiro atoms. The number of nitrogens with zero attached hydrogens (tertiary/aromatic N) is 4. The van der Waals surface area contributed by atoms with Crippen molar-refractivity contribution in [3.63, 3.8) is 0 Å². The summed E-state index contributed by atoms with van der Waals surface area (Å²) in [4.78, 5) is 28.7. The van der Waals surface area contributed by atoms with Gasteiger partial charge in [0.2, 0.25) is 5.91 Å². The first-order valence-corrected chi connectivity index (χ1v) is 10.4. The molecule has 10 nitrogen and oxygen atoms in total. The number of likely N-dealkylation sites (tertiary alicyclic amines) is 1. The molecule has 1 aliphatic rings. The van der Waals surface area contributed by atoms with Crippen LogP contribution in [0.15, 0.2) is 43.4 Å².